The first kappa shape index (κ1) is 14.9. The number of nitrogens with zero attached hydrogens (tertiary/aromatic N) is 2. The highest BCUT2D eigenvalue weighted by Gasteiger charge is 2.34. The average molecular weight is 302 g/mol. The number of aromatic nitrogens is 3. The van der Waals surface area contributed by atoms with Gasteiger partial charge in [-0.3, -0.25) is 9.89 Å². The number of nitrogens with one attached hydrogen (secondary N) is 2. The van der Waals surface area contributed by atoms with Crippen LogP contribution in [0.25, 0.3) is 0 Å². The molecule has 0 aliphatic rings. The number of carbonyl (C=O) groups is 1. The third-order valence-electron chi connectivity index (χ3n) is 2.60. The summed E-state index contributed by atoms with van der Waals surface area (Å²) in [6.07, 6.45) is -4.32. The second kappa shape index (κ2) is 5.51. The third-order valence-corrected chi connectivity index (χ3v) is 2.60. The van der Waals surface area contributed by atoms with E-state index in [1.807, 2.05) is 0 Å². The van der Waals surface area contributed by atoms with Crippen molar-refractivity contribution in [3.8, 4) is 0 Å². The minimum atomic E-state index is -4.84. The lowest BCUT2D eigenvalue weighted by Gasteiger charge is -2.10. The Bertz CT molecular complexity index is 666. The Morgan fingerprint density at radius 2 is 2.10 bits per heavy atom. The maximum atomic E-state index is 13.1. The largest absolute Gasteiger partial charge is 0.419 e. The molecule has 112 valence electrons. The zero-order valence-electron chi connectivity index (χ0n) is 10.8. The number of H-pyrrole nitrogens is 1. The van der Waals surface area contributed by atoms with Gasteiger partial charge in [-0.2, -0.15) is 13.2 Å². The van der Waals surface area contributed by atoms with Gasteiger partial charge in [0.15, 0.2) is 0 Å². The number of hydrogen-bond acceptors (Lipinski definition) is 3. The number of carbonyl (C=O) groups excluding carboxylic acids is 1. The topological polar surface area (TPSA) is 70.7 Å². The van der Waals surface area contributed by atoms with Crippen molar-refractivity contribution >= 4 is 11.6 Å². The molecule has 1 aromatic carbocycles. The highest BCUT2D eigenvalue weighted by atomic mass is 19.4. The second-order valence-corrected chi connectivity index (χ2v) is 4.11. The zero-order valence-corrected chi connectivity index (χ0v) is 10.8. The summed E-state index contributed by atoms with van der Waals surface area (Å²) >= 11 is 0. The van der Waals surface area contributed by atoms with Crippen LogP contribution in [0.3, 0.4) is 0 Å². The van der Waals surface area contributed by atoms with Crippen LogP contribution in [0.1, 0.15) is 28.9 Å². The molecule has 0 saturated carbocycles. The number of aryl methyl sites for hydroxylation is 1. The van der Waals surface area contributed by atoms with Crippen molar-refractivity contribution < 1.29 is 22.4 Å². The number of benzene rings is 1. The average Bonchev–Trinajstić information content (AvgIpc) is 2.88. The van der Waals surface area contributed by atoms with Crippen LogP contribution in [0.15, 0.2) is 18.2 Å². The van der Waals surface area contributed by atoms with Gasteiger partial charge in [0.2, 0.25) is 5.82 Å². The molecule has 21 heavy (non-hydrogen) atoms. The molecule has 0 unspecified atom stereocenters. The fourth-order valence-electron chi connectivity index (χ4n) is 1.56. The lowest BCUT2D eigenvalue weighted by molar-refractivity contribution is -0.139. The molecule has 0 aliphatic heterocycles. The number of amides is 1. The summed E-state index contributed by atoms with van der Waals surface area (Å²) in [5, 5.41) is 8.32. The molecule has 1 heterocycles. The van der Waals surface area contributed by atoms with Crippen molar-refractivity contribution in [2.24, 2.45) is 0 Å². The molecule has 2 rings (SSSR count). The summed E-state index contributed by atoms with van der Waals surface area (Å²) in [4.78, 5) is 15.6. The zero-order chi connectivity index (χ0) is 15.6. The van der Waals surface area contributed by atoms with E-state index in [4.69, 9.17) is 0 Å². The molecule has 5 nitrogen and oxygen atoms in total. The molecule has 0 atom stereocenters. The van der Waals surface area contributed by atoms with Gasteiger partial charge in [0.1, 0.15) is 11.6 Å². The summed E-state index contributed by atoms with van der Waals surface area (Å²) in [5.41, 5.74) is -1.65. The lowest BCUT2D eigenvalue weighted by atomic mass is 10.2. The van der Waals surface area contributed by atoms with Crippen LogP contribution < -0.4 is 5.32 Å². The minimum Gasteiger partial charge on any atom is -0.319 e. The molecule has 2 aromatic rings. The van der Waals surface area contributed by atoms with Gasteiger partial charge in [-0.15, -0.1) is 5.10 Å². The Kier molecular flexibility index (Phi) is 3.92. The van der Waals surface area contributed by atoms with E-state index in [1.54, 1.807) is 6.92 Å². The van der Waals surface area contributed by atoms with Gasteiger partial charge in [-0.05, 0) is 18.2 Å². The Hall–Kier alpha value is -2.45. The van der Waals surface area contributed by atoms with Crippen molar-refractivity contribution in [2.75, 3.05) is 5.32 Å². The highest BCUT2D eigenvalue weighted by Crippen LogP contribution is 2.33. The molecule has 0 aliphatic carbocycles. The Balaban J connectivity index is 2.21. The van der Waals surface area contributed by atoms with Gasteiger partial charge in [-0.1, -0.05) is 6.92 Å². The SMILES string of the molecule is CCc1nc(C(=O)Nc2ccc(F)c(C(F)(F)F)c2)n[nH]1. The summed E-state index contributed by atoms with van der Waals surface area (Å²) < 4.78 is 50.8. The molecular weight excluding hydrogens is 292 g/mol. The third kappa shape index (κ3) is 3.36. The molecule has 1 aromatic heterocycles. The Labute approximate surface area is 116 Å². The first-order valence-corrected chi connectivity index (χ1v) is 5.90. The van der Waals surface area contributed by atoms with E-state index in [1.165, 1.54) is 0 Å². The van der Waals surface area contributed by atoms with E-state index in [0.717, 1.165) is 6.07 Å². The van der Waals surface area contributed by atoms with Gasteiger partial charge in [0, 0.05) is 12.1 Å². The molecule has 0 bridgehead atoms. The molecule has 1 amide bonds. The summed E-state index contributed by atoms with van der Waals surface area (Å²) in [6, 6.07) is 2.17. The fourth-order valence-corrected chi connectivity index (χ4v) is 1.56. The van der Waals surface area contributed by atoms with Crippen LogP contribution in [0.5, 0.6) is 0 Å². The first-order chi connectivity index (χ1) is 9.81. The quantitative estimate of drug-likeness (QED) is 0.856. The van der Waals surface area contributed by atoms with Gasteiger partial charge in [0.05, 0.1) is 5.56 Å². The first-order valence-electron chi connectivity index (χ1n) is 5.90. The van der Waals surface area contributed by atoms with Gasteiger partial charge in [0.25, 0.3) is 5.91 Å². The minimum absolute atomic E-state index is 0.198. The Morgan fingerprint density at radius 3 is 2.67 bits per heavy atom. The smallest absolute Gasteiger partial charge is 0.319 e. The predicted octanol–water partition coefficient (Wildman–Crippen LogP) is 2.78. The molecule has 9 heteroatoms. The lowest BCUT2D eigenvalue weighted by Crippen LogP contribution is -2.15. The van der Waals surface area contributed by atoms with Crippen molar-refractivity contribution in [3.63, 3.8) is 0 Å². The molecular formula is C12H10F4N4O. The maximum Gasteiger partial charge on any atom is 0.419 e. The molecule has 0 fully saturated rings. The maximum absolute atomic E-state index is 13.1. The molecule has 0 spiro atoms. The van der Waals surface area contributed by atoms with E-state index in [9.17, 15) is 22.4 Å². The van der Waals surface area contributed by atoms with E-state index >= 15 is 0 Å². The van der Waals surface area contributed by atoms with Gasteiger partial charge in [-0.25, -0.2) is 9.37 Å². The fraction of sp³-hybridized carbons (Fsp3) is 0.250. The number of aromatic amines is 1. The monoisotopic (exact) mass is 302 g/mol. The number of hydrogen-bond donors (Lipinski definition) is 2. The van der Waals surface area contributed by atoms with Crippen molar-refractivity contribution in [2.45, 2.75) is 19.5 Å². The Morgan fingerprint density at radius 1 is 1.38 bits per heavy atom. The number of alkyl halides is 3. The van der Waals surface area contributed by atoms with Crippen molar-refractivity contribution in [1.29, 1.82) is 0 Å². The van der Waals surface area contributed by atoms with Crippen molar-refractivity contribution in [3.05, 3.63) is 41.2 Å². The van der Waals surface area contributed by atoms with Gasteiger partial charge < -0.3 is 5.32 Å². The molecule has 0 radical (unpaired) electrons. The van der Waals surface area contributed by atoms with E-state index in [0.29, 0.717) is 24.4 Å². The molecule has 0 saturated heterocycles. The summed E-state index contributed by atoms with van der Waals surface area (Å²) in [5.74, 6) is -1.93. The van der Waals surface area contributed by atoms with Crippen LogP contribution >= 0.6 is 0 Å². The van der Waals surface area contributed by atoms with E-state index < -0.39 is 23.5 Å². The van der Waals surface area contributed by atoms with Crippen LogP contribution in [-0.2, 0) is 12.6 Å². The van der Waals surface area contributed by atoms with E-state index in [2.05, 4.69) is 20.5 Å². The number of halogens is 4. The standard InChI is InChI=1S/C12H10F4N4O/c1-2-9-18-10(20-19-9)11(21)17-6-3-4-8(13)7(5-6)12(14,15)16/h3-5H,2H2,1H3,(H,17,21)(H,18,19,20). The normalized spacial score (nSPS) is 11.5. The molecule has 2 N–H and O–H groups in total. The summed E-state index contributed by atoms with van der Waals surface area (Å²) in [6.45, 7) is 1.79. The highest BCUT2D eigenvalue weighted by molar-refractivity contribution is 6.01. The van der Waals surface area contributed by atoms with Crippen LogP contribution in [-0.4, -0.2) is 21.1 Å². The van der Waals surface area contributed by atoms with Gasteiger partial charge >= 0.3 is 6.18 Å². The predicted molar refractivity (Wildman–Crippen MR) is 65.1 cm³/mol. The van der Waals surface area contributed by atoms with Crippen LogP contribution in [0, 0.1) is 5.82 Å². The number of rotatable bonds is 3. The van der Waals surface area contributed by atoms with Crippen molar-refractivity contribution in [1.82, 2.24) is 15.2 Å². The van der Waals surface area contributed by atoms with Crippen LogP contribution in [0.4, 0.5) is 23.2 Å². The number of anilines is 1. The van der Waals surface area contributed by atoms with Crippen LogP contribution in [0.2, 0.25) is 0 Å². The second-order valence-electron chi connectivity index (χ2n) is 4.11. The summed E-state index contributed by atoms with van der Waals surface area (Å²) in [7, 11) is 0. The van der Waals surface area contributed by atoms with E-state index in [-0.39, 0.29) is 11.5 Å².